The van der Waals surface area contributed by atoms with Crippen molar-refractivity contribution in [3.8, 4) is 0 Å². The van der Waals surface area contributed by atoms with Crippen LogP contribution in [0.15, 0.2) is 26.9 Å². The Labute approximate surface area is 150 Å². The predicted octanol–water partition coefficient (Wildman–Crippen LogP) is 0.387. The summed E-state index contributed by atoms with van der Waals surface area (Å²) in [5, 5.41) is 3.86. The molecule has 0 amide bonds. The van der Waals surface area contributed by atoms with Crippen LogP contribution in [0.5, 0.6) is 0 Å². The Bertz CT molecular complexity index is 1140. The molecule has 0 atom stereocenters. The average molecular weight is 385 g/mol. The minimum Gasteiger partial charge on any atom is -0.328 e. The SMILES string of the molecule is Cn1cnc2c1c(=O)n(CCCn1ncc(Cl)c(Cl)c1=O)c(=O)n2C. The van der Waals surface area contributed by atoms with Crippen LogP contribution in [0.4, 0.5) is 0 Å². The van der Waals surface area contributed by atoms with Crippen molar-refractivity contribution in [2.24, 2.45) is 14.1 Å². The number of nitrogens with zero attached hydrogens (tertiary/aromatic N) is 6. The predicted molar refractivity (Wildman–Crippen MR) is 93.3 cm³/mol. The molecule has 0 fully saturated rings. The highest BCUT2D eigenvalue weighted by Crippen LogP contribution is 2.14. The van der Waals surface area contributed by atoms with Crippen LogP contribution < -0.4 is 16.8 Å². The van der Waals surface area contributed by atoms with Crippen LogP contribution in [0.1, 0.15) is 6.42 Å². The zero-order chi connectivity index (χ0) is 18.3. The van der Waals surface area contributed by atoms with E-state index in [0.717, 1.165) is 9.25 Å². The first-order chi connectivity index (χ1) is 11.8. The van der Waals surface area contributed by atoms with E-state index >= 15 is 0 Å². The van der Waals surface area contributed by atoms with E-state index in [-0.39, 0.29) is 23.1 Å². The van der Waals surface area contributed by atoms with Crippen molar-refractivity contribution in [1.29, 1.82) is 0 Å². The van der Waals surface area contributed by atoms with Gasteiger partial charge < -0.3 is 4.57 Å². The van der Waals surface area contributed by atoms with Crippen LogP contribution in [0.3, 0.4) is 0 Å². The summed E-state index contributed by atoms with van der Waals surface area (Å²) in [6, 6.07) is 0. The lowest BCUT2D eigenvalue weighted by molar-refractivity contribution is 0.486. The van der Waals surface area contributed by atoms with Crippen LogP contribution in [-0.2, 0) is 27.2 Å². The standard InChI is InChI=1S/C14H14Cl2N6O3/c1-19-7-17-11-10(19)13(24)21(14(25)20(11)2)4-3-5-22-12(23)9(16)8(15)6-18-22/h6-7H,3-5H2,1-2H3. The average Bonchev–Trinajstić information content (AvgIpc) is 2.97. The van der Waals surface area contributed by atoms with Gasteiger partial charge >= 0.3 is 5.69 Å². The fraction of sp³-hybridized carbons (Fsp3) is 0.357. The number of fused-ring (bicyclic) bond motifs is 1. The molecule has 3 rings (SSSR count). The van der Waals surface area contributed by atoms with Gasteiger partial charge in [0.25, 0.3) is 11.1 Å². The van der Waals surface area contributed by atoms with E-state index < -0.39 is 16.8 Å². The lowest BCUT2D eigenvalue weighted by atomic mass is 10.4. The van der Waals surface area contributed by atoms with Gasteiger partial charge in [0, 0.05) is 27.2 Å². The Hall–Kier alpha value is -2.39. The van der Waals surface area contributed by atoms with E-state index in [2.05, 4.69) is 10.1 Å². The molecule has 0 unspecified atom stereocenters. The van der Waals surface area contributed by atoms with E-state index in [1.807, 2.05) is 0 Å². The number of rotatable bonds is 4. The Kier molecular flexibility index (Phi) is 4.53. The molecule has 9 nitrogen and oxygen atoms in total. The maximum Gasteiger partial charge on any atom is 0.332 e. The lowest BCUT2D eigenvalue weighted by Gasteiger charge is -2.09. The molecule has 0 saturated carbocycles. The maximum absolute atomic E-state index is 12.6. The number of hydrogen-bond acceptors (Lipinski definition) is 5. The van der Waals surface area contributed by atoms with Crippen LogP contribution in [0, 0.1) is 0 Å². The summed E-state index contributed by atoms with van der Waals surface area (Å²) >= 11 is 11.5. The summed E-state index contributed by atoms with van der Waals surface area (Å²) in [7, 11) is 3.24. The van der Waals surface area contributed by atoms with Crippen LogP contribution in [0.25, 0.3) is 11.2 Å². The summed E-state index contributed by atoms with van der Waals surface area (Å²) in [4.78, 5) is 40.9. The molecule has 132 valence electrons. The number of halogens is 2. The smallest absolute Gasteiger partial charge is 0.328 e. The summed E-state index contributed by atoms with van der Waals surface area (Å²) in [6.07, 6.45) is 3.09. The fourth-order valence-corrected chi connectivity index (χ4v) is 2.85. The van der Waals surface area contributed by atoms with Crippen molar-refractivity contribution in [2.45, 2.75) is 19.5 Å². The van der Waals surface area contributed by atoms with Gasteiger partial charge in [0.05, 0.1) is 17.5 Å². The summed E-state index contributed by atoms with van der Waals surface area (Å²) in [6.45, 7) is 0.315. The first-order valence-corrected chi connectivity index (χ1v) is 8.10. The van der Waals surface area contributed by atoms with Crippen molar-refractivity contribution < 1.29 is 0 Å². The molecular formula is C14H14Cl2N6O3. The highest BCUT2D eigenvalue weighted by atomic mass is 35.5. The second-order valence-electron chi connectivity index (χ2n) is 5.51. The molecule has 3 heterocycles. The second kappa shape index (κ2) is 6.49. The van der Waals surface area contributed by atoms with Crippen molar-refractivity contribution in [1.82, 2.24) is 28.5 Å². The molecule has 3 aromatic heterocycles. The molecule has 25 heavy (non-hydrogen) atoms. The molecule has 0 aliphatic rings. The fourth-order valence-electron chi connectivity index (χ4n) is 2.58. The Morgan fingerprint density at radius 3 is 2.52 bits per heavy atom. The first kappa shape index (κ1) is 17.4. The van der Waals surface area contributed by atoms with Gasteiger partial charge in [0.15, 0.2) is 11.2 Å². The lowest BCUT2D eigenvalue weighted by Crippen LogP contribution is -2.40. The van der Waals surface area contributed by atoms with Crippen LogP contribution in [-0.4, -0.2) is 28.5 Å². The molecule has 0 aliphatic heterocycles. The third-order valence-electron chi connectivity index (χ3n) is 3.89. The van der Waals surface area contributed by atoms with Crippen molar-refractivity contribution >= 4 is 34.4 Å². The largest absolute Gasteiger partial charge is 0.332 e. The minimum absolute atomic E-state index is 0.0784. The highest BCUT2D eigenvalue weighted by molar-refractivity contribution is 6.41. The summed E-state index contributed by atoms with van der Waals surface area (Å²) in [5.74, 6) is 0. The molecule has 0 bridgehead atoms. The van der Waals surface area contributed by atoms with E-state index in [1.54, 1.807) is 18.7 Å². The molecule has 0 saturated heterocycles. The summed E-state index contributed by atoms with van der Waals surface area (Å²) in [5.41, 5.74) is -0.738. The van der Waals surface area contributed by atoms with Crippen molar-refractivity contribution in [3.63, 3.8) is 0 Å². The zero-order valence-electron chi connectivity index (χ0n) is 13.4. The topological polar surface area (TPSA) is 96.7 Å². The van der Waals surface area contributed by atoms with Gasteiger partial charge in [0.1, 0.15) is 5.02 Å². The number of aromatic nitrogens is 6. The normalized spacial score (nSPS) is 11.4. The minimum atomic E-state index is -0.517. The Balaban J connectivity index is 1.91. The second-order valence-corrected chi connectivity index (χ2v) is 6.30. The van der Waals surface area contributed by atoms with Gasteiger partial charge in [-0.25, -0.2) is 14.5 Å². The van der Waals surface area contributed by atoms with Gasteiger partial charge in [-0.3, -0.25) is 18.7 Å². The van der Waals surface area contributed by atoms with Gasteiger partial charge in [-0.05, 0) is 6.42 Å². The molecule has 0 aromatic carbocycles. The van der Waals surface area contributed by atoms with Crippen molar-refractivity contribution in [3.05, 3.63) is 53.8 Å². The molecule has 0 spiro atoms. The number of aryl methyl sites for hydroxylation is 3. The van der Waals surface area contributed by atoms with Crippen LogP contribution in [0.2, 0.25) is 10.0 Å². The van der Waals surface area contributed by atoms with Gasteiger partial charge in [0.2, 0.25) is 0 Å². The van der Waals surface area contributed by atoms with Gasteiger partial charge in [-0.2, -0.15) is 5.10 Å². The number of hydrogen-bond donors (Lipinski definition) is 0. The molecule has 0 aliphatic carbocycles. The molecule has 0 N–H and O–H groups in total. The molecule has 11 heteroatoms. The highest BCUT2D eigenvalue weighted by Gasteiger charge is 2.15. The van der Waals surface area contributed by atoms with E-state index in [4.69, 9.17) is 23.2 Å². The quantitative estimate of drug-likeness (QED) is 0.647. The van der Waals surface area contributed by atoms with Gasteiger partial charge in [-0.1, -0.05) is 23.2 Å². The maximum atomic E-state index is 12.6. The van der Waals surface area contributed by atoms with Crippen molar-refractivity contribution in [2.75, 3.05) is 0 Å². The Morgan fingerprint density at radius 1 is 1.08 bits per heavy atom. The number of imidazole rings is 1. The van der Waals surface area contributed by atoms with E-state index in [0.29, 0.717) is 17.6 Å². The molecular weight excluding hydrogens is 371 g/mol. The van der Waals surface area contributed by atoms with Gasteiger partial charge in [-0.15, -0.1) is 0 Å². The zero-order valence-corrected chi connectivity index (χ0v) is 15.0. The van der Waals surface area contributed by atoms with E-state index in [9.17, 15) is 14.4 Å². The third kappa shape index (κ3) is 2.89. The third-order valence-corrected chi connectivity index (χ3v) is 4.64. The first-order valence-electron chi connectivity index (χ1n) is 7.35. The summed E-state index contributed by atoms with van der Waals surface area (Å²) < 4.78 is 5.15. The van der Waals surface area contributed by atoms with E-state index in [1.165, 1.54) is 17.1 Å². The molecule has 0 radical (unpaired) electrons. The monoisotopic (exact) mass is 384 g/mol. The van der Waals surface area contributed by atoms with Crippen LogP contribution >= 0.6 is 23.2 Å². The molecule has 3 aromatic rings. The Morgan fingerprint density at radius 2 is 1.80 bits per heavy atom.